The summed E-state index contributed by atoms with van der Waals surface area (Å²) in [4.78, 5) is 21.8. The number of benzene rings is 1. The number of morpholine rings is 1. The molecule has 2 aromatic rings. The van der Waals surface area contributed by atoms with Gasteiger partial charge in [0.05, 0.1) is 13.2 Å². The number of amides is 1. The summed E-state index contributed by atoms with van der Waals surface area (Å²) in [7, 11) is 0. The van der Waals surface area contributed by atoms with Crippen molar-refractivity contribution < 1.29 is 9.53 Å². The molecule has 0 bridgehead atoms. The van der Waals surface area contributed by atoms with Crippen molar-refractivity contribution in [3.8, 4) is 11.1 Å². The van der Waals surface area contributed by atoms with Crippen molar-refractivity contribution in [2.75, 3.05) is 57.4 Å². The zero-order valence-electron chi connectivity index (χ0n) is 17.7. The van der Waals surface area contributed by atoms with E-state index in [2.05, 4.69) is 27.2 Å². The first kappa shape index (κ1) is 20.8. The van der Waals surface area contributed by atoms with Crippen molar-refractivity contribution in [1.29, 1.82) is 0 Å². The lowest BCUT2D eigenvalue weighted by Gasteiger charge is -2.26. The molecule has 1 N–H and O–H groups in total. The van der Waals surface area contributed by atoms with Crippen LogP contribution >= 0.6 is 0 Å². The summed E-state index contributed by atoms with van der Waals surface area (Å²) in [5.41, 5.74) is 2.84. The molecule has 2 aliphatic heterocycles. The van der Waals surface area contributed by atoms with Gasteiger partial charge in [0.2, 0.25) is 0 Å². The van der Waals surface area contributed by atoms with Gasteiger partial charge in [-0.15, -0.1) is 0 Å². The molecule has 0 saturated carbocycles. The molecule has 0 aliphatic carbocycles. The van der Waals surface area contributed by atoms with Crippen molar-refractivity contribution in [2.45, 2.75) is 25.7 Å². The molecule has 30 heavy (non-hydrogen) atoms. The van der Waals surface area contributed by atoms with Gasteiger partial charge in [-0.3, -0.25) is 9.69 Å². The monoisotopic (exact) mass is 408 g/mol. The summed E-state index contributed by atoms with van der Waals surface area (Å²) in [6.45, 7) is 7.16. The number of nitrogens with zero attached hydrogens (tertiary/aromatic N) is 3. The van der Waals surface area contributed by atoms with Crippen LogP contribution < -0.4 is 10.2 Å². The van der Waals surface area contributed by atoms with Gasteiger partial charge in [0.15, 0.2) is 0 Å². The third kappa shape index (κ3) is 5.58. The van der Waals surface area contributed by atoms with Gasteiger partial charge in [0.25, 0.3) is 5.91 Å². The van der Waals surface area contributed by atoms with E-state index in [1.54, 1.807) is 0 Å². The second-order valence-electron chi connectivity index (χ2n) is 8.09. The lowest BCUT2D eigenvalue weighted by Crippen LogP contribution is -2.41. The first-order valence-corrected chi connectivity index (χ1v) is 11.2. The number of carbonyl (C=O) groups is 1. The number of rotatable bonds is 6. The minimum absolute atomic E-state index is 0.0237. The normalized spacial score (nSPS) is 18.1. The van der Waals surface area contributed by atoms with Crippen LogP contribution in [0.4, 0.5) is 5.82 Å². The van der Waals surface area contributed by atoms with Crippen LogP contribution in [0.25, 0.3) is 11.1 Å². The maximum absolute atomic E-state index is 12.4. The summed E-state index contributed by atoms with van der Waals surface area (Å²) >= 11 is 0. The molecule has 6 heteroatoms. The number of hydrogen-bond donors (Lipinski definition) is 1. The van der Waals surface area contributed by atoms with Gasteiger partial charge in [-0.25, -0.2) is 4.98 Å². The van der Waals surface area contributed by atoms with Crippen LogP contribution in [-0.4, -0.2) is 68.3 Å². The van der Waals surface area contributed by atoms with Crippen LogP contribution in [0.5, 0.6) is 0 Å². The Morgan fingerprint density at radius 2 is 1.60 bits per heavy atom. The molecule has 3 heterocycles. The van der Waals surface area contributed by atoms with Gasteiger partial charge in [-0.2, -0.15) is 0 Å². The standard InChI is InChI=1S/C24H32N4O2/c29-24(25-11-14-27-15-17-30-18-16-27)21-7-5-20(6-8-21)22-9-10-23(26-19-22)28-12-3-1-2-4-13-28/h5-10,19H,1-4,11-18H2,(H,25,29). The SMILES string of the molecule is O=C(NCCN1CCOCC1)c1ccc(-c2ccc(N3CCCCCC3)nc2)cc1. The van der Waals surface area contributed by atoms with Crippen molar-refractivity contribution in [1.82, 2.24) is 15.2 Å². The van der Waals surface area contributed by atoms with E-state index in [0.717, 1.165) is 62.9 Å². The van der Waals surface area contributed by atoms with E-state index in [1.165, 1.54) is 25.7 Å². The molecule has 2 saturated heterocycles. The highest BCUT2D eigenvalue weighted by Crippen LogP contribution is 2.23. The molecule has 6 nitrogen and oxygen atoms in total. The van der Waals surface area contributed by atoms with E-state index in [4.69, 9.17) is 9.72 Å². The molecule has 1 amide bonds. The highest BCUT2D eigenvalue weighted by molar-refractivity contribution is 5.94. The van der Waals surface area contributed by atoms with Crippen LogP contribution in [0.3, 0.4) is 0 Å². The van der Waals surface area contributed by atoms with E-state index >= 15 is 0 Å². The van der Waals surface area contributed by atoms with Crippen LogP contribution in [0.15, 0.2) is 42.6 Å². The Kier molecular flexibility index (Phi) is 7.32. The van der Waals surface area contributed by atoms with Gasteiger partial charge in [-0.05, 0) is 42.7 Å². The Morgan fingerprint density at radius 3 is 2.27 bits per heavy atom. The van der Waals surface area contributed by atoms with E-state index in [0.29, 0.717) is 12.1 Å². The van der Waals surface area contributed by atoms with Gasteiger partial charge in [0, 0.05) is 56.6 Å². The Hall–Kier alpha value is -2.44. The van der Waals surface area contributed by atoms with E-state index in [9.17, 15) is 4.79 Å². The molecule has 1 aromatic carbocycles. The second kappa shape index (κ2) is 10.5. The number of nitrogens with one attached hydrogen (secondary N) is 1. The Bertz CT molecular complexity index is 793. The highest BCUT2D eigenvalue weighted by atomic mass is 16.5. The van der Waals surface area contributed by atoms with Crippen LogP contribution in [0, 0.1) is 0 Å². The fraction of sp³-hybridized carbons (Fsp3) is 0.500. The molecular formula is C24H32N4O2. The van der Waals surface area contributed by atoms with Crippen molar-refractivity contribution in [3.63, 3.8) is 0 Å². The van der Waals surface area contributed by atoms with Crippen molar-refractivity contribution in [2.24, 2.45) is 0 Å². The largest absolute Gasteiger partial charge is 0.379 e. The number of anilines is 1. The summed E-state index contributed by atoms with van der Waals surface area (Å²) in [6.07, 6.45) is 7.08. The van der Waals surface area contributed by atoms with Gasteiger partial charge >= 0.3 is 0 Å². The molecule has 0 unspecified atom stereocenters. The predicted molar refractivity (Wildman–Crippen MR) is 120 cm³/mol. The second-order valence-corrected chi connectivity index (χ2v) is 8.09. The van der Waals surface area contributed by atoms with E-state index in [-0.39, 0.29) is 5.91 Å². The molecule has 0 spiro atoms. The van der Waals surface area contributed by atoms with Gasteiger partial charge in [-0.1, -0.05) is 25.0 Å². The molecule has 2 aliphatic rings. The smallest absolute Gasteiger partial charge is 0.251 e. The van der Waals surface area contributed by atoms with Crippen molar-refractivity contribution in [3.05, 3.63) is 48.2 Å². The van der Waals surface area contributed by atoms with E-state index in [1.807, 2.05) is 30.5 Å². The fourth-order valence-electron chi connectivity index (χ4n) is 4.11. The zero-order chi connectivity index (χ0) is 20.6. The Labute approximate surface area is 179 Å². The topological polar surface area (TPSA) is 57.7 Å². The average Bonchev–Trinajstić information content (AvgIpc) is 3.10. The molecule has 0 radical (unpaired) electrons. The van der Waals surface area contributed by atoms with Gasteiger partial charge < -0.3 is 15.0 Å². The zero-order valence-corrected chi connectivity index (χ0v) is 17.7. The molecule has 2 fully saturated rings. The van der Waals surface area contributed by atoms with Crippen LogP contribution in [0.1, 0.15) is 36.0 Å². The van der Waals surface area contributed by atoms with Gasteiger partial charge in [0.1, 0.15) is 5.82 Å². The van der Waals surface area contributed by atoms with Crippen LogP contribution in [-0.2, 0) is 4.74 Å². The number of hydrogen-bond acceptors (Lipinski definition) is 5. The number of ether oxygens (including phenoxy) is 1. The third-order valence-corrected chi connectivity index (χ3v) is 5.98. The third-order valence-electron chi connectivity index (χ3n) is 5.98. The molecule has 1 aromatic heterocycles. The Balaban J connectivity index is 1.30. The Morgan fingerprint density at radius 1 is 0.900 bits per heavy atom. The van der Waals surface area contributed by atoms with Crippen molar-refractivity contribution >= 4 is 11.7 Å². The lowest BCUT2D eigenvalue weighted by molar-refractivity contribution is 0.0383. The molecule has 160 valence electrons. The number of carbonyl (C=O) groups excluding carboxylic acids is 1. The molecular weight excluding hydrogens is 376 g/mol. The first-order valence-electron chi connectivity index (χ1n) is 11.2. The predicted octanol–water partition coefficient (Wildman–Crippen LogP) is 3.19. The summed E-state index contributed by atoms with van der Waals surface area (Å²) in [5.74, 6) is 1.04. The summed E-state index contributed by atoms with van der Waals surface area (Å²) < 4.78 is 5.35. The highest BCUT2D eigenvalue weighted by Gasteiger charge is 2.12. The lowest BCUT2D eigenvalue weighted by atomic mass is 10.1. The minimum Gasteiger partial charge on any atom is -0.379 e. The fourth-order valence-corrected chi connectivity index (χ4v) is 4.11. The maximum atomic E-state index is 12.4. The number of pyridine rings is 1. The minimum atomic E-state index is -0.0237. The summed E-state index contributed by atoms with van der Waals surface area (Å²) in [6, 6.07) is 12.0. The molecule has 0 atom stereocenters. The first-order chi connectivity index (χ1) is 14.8. The van der Waals surface area contributed by atoms with Crippen LogP contribution in [0.2, 0.25) is 0 Å². The maximum Gasteiger partial charge on any atom is 0.251 e. The quantitative estimate of drug-likeness (QED) is 0.796. The molecule has 4 rings (SSSR count). The average molecular weight is 409 g/mol. The van der Waals surface area contributed by atoms with E-state index < -0.39 is 0 Å². The summed E-state index contributed by atoms with van der Waals surface area (Å²) in [5, 5.41) is 3.02. The number of aromatic nitrogens is 1.